The van der Waals surface area contributed by atoms with Crippen LogP contribution < -0.4 is 11.1 Å². The fourth-order valence-electron chi connectivity index (χ4n) is 1.73. The Morgan fingerprint density at radius 1 is 1.05 bits per heavy atom. The van der Waals surface area contributed by atoms with E-state index in [1.54, 1.807) is 18.2 Å². The van der Waals surface area contributed by atoms with Crippen molar-refractivity contribution in [1.82, 2.24) is 0 Å². The van der Waals surface area contributed by atoms with Crippen LogP contribution in [-0.4, -0.2) is 16.9 Å². The van der Waals surface area contributed by atoms with Gasteiger partial charge in [-0.3, -0.25) is 9.59 Å². The van der Waals surface area contributed by atoms with Gasteiger partial charge in [-0.1, -0.05) is 25.0 Å². The first kappa shape index (κ1) is 15.0. The Bertz CT molecular complexity index is 432. The second-order valence-corrected chi connectivity index (χ2v) is 4.45. The fourth-order valence-corrected chi connectivity index (χ4v) is 1.73. The summed E-state index contributed by atoms with van der Waals surface area (Å²) in [4.78, 5) is 22.1. The molecule has 5 heteroatoms. The molecule has 5 nitrogen and oxygen atoms in total. The Balaban J connectivity index is 2.15. The van der Waals surface area contributed by atoms with Crippen LogP contribution in [-0.2, 0) is 9.59 Å². The zero-order valence-corrected chi connectivity index (χ0v) is 10.9. The van der Waals surface area contributed by atoms with E-state index in [0.717, 1.165) is 25.7 Å². The molecule has 4 N–H and O–H groups in total. The molecule has 0 heterocycles. The highest BCUT2D eigenvalue weighted by molar-refractivity contribution is 5.92. The lowest BCUT2D eigenvalue weighted by atomic mass is 10.1. The number of hydrogen-bond acceptors (Lipinski definition) is 3. The van der Waals surface area contributed by atoms with Crippen LogP contribution in [0.3, 0.4) is 0 Å². The molecule has 0 fully saturated rings. The molecule has 0 saturated carbocycles. The van der Waals surface area contributed by atoms with Gasteiger partial charge in [-0.25, -0.2) is 0 Å². The number of unbranched alkanes of at least 4 members (excludes halogenated alkanes) is 3. The molecular weight excluding hydrogens is 244 g/mol. The first-order valence-corrected chi connectivity index (χ1v) is 6.45. The number of rotatable bonds is 8. The molecule has 0 aliphatic carbocycles. The Kier molecular flexibility index (Phi) is 6.43. The summed E-state index contributed by atoms with van der Waals surface area (Å²) >= 11 is 0. The highest BCUT2D eigenvalue weighted by Crippen LogP contribution is 2.21. The van der Waals surface area contributed by atoms with E-state index in [1.807, 2.05) is 0 Å². The zero-order valence-electron chi connectivity index (χ0n) is 10.9. The summed E-state index contributed by atoms with van der Waals surface area (Å²) in [5.74, 6) is -0.328. The monoisotopic (exact) mass is 264 g/mol. The number of para-hydroxylation sites is 2. The van der Waals surface area contributed by atoms with Gasteiger partial charge in [-0.05, 0) is 25.0 Å². The Morgan fingerprint density at radius 3 is 2.32 bits per heavy atom. The van der Waals surface area contributed by atoms with Crippen LogP contribution >= 0.6 is 0 Å². The molecule has 0 aliphatic heterocycles. The number of aromatic hydroxyl groups is 1. The van der Waals surface area contributed by atoms with E-state index in [2.05, 4.69) is 5.32 Å². The molecule has 0 aromatic heterocycles. The molecule has 1 aromatic rings. The molecule has 19 heavy (non-hydrogen) atoms. The van der Waals surface area contributed by atoms with Crippen LogP contribution in [0.25, 0.3) is 0 Å². The molecule has 0 aliphatic rings. The molecule has 104 valence electrons. The van der Waals surface area contributed by atoms with Gasteiger partial charge < -0.3 is 16.2 Å². The van der Waals surface area contributed by atoms with Gasteiger partial charge in [0.05, 0.1) is 5.69 Å². The number of benzene rings is 1. The van der Waals surface area contributed by atoms with Crippen LogP contribution in [0, 0.1) is 0 Å². The number of amides is 2. The van der Waals surface area contributed by atoms with Gasteiger partial charge in [0.15, 0.2) is 0 Å². The lowest BCUT2D eigenvalue weighted by Crippen LogP contribution is -2.11. The highest BCUT2D eigenvalue weighted by Gasteiger charge is 2.05. The third-order valence-corrected chi connectivity index (χ3v) is 2.76. The first-order valence-electron chi connectivity index (χ1n) is 6.45. The van der Waals surface area contributed by atoms with Crippen LogP contribution in [0.15, 0.2) is 24.3 Å². The summed E-state index contributed by atoms with van der Waals surface area (Å²) in [5.41, 5.74) is 5.46. The van der Waals surface area contributed by atoms with E-state index in [4.69, 9.17) is 5.73 Å². The van der Waals surface area contributed by atoms with Crippen molar-refractivity contribution in [1.29, 1.82) is 0 Å². The van der Waals surface area contributed by atoms with Crippen molar-refractivity contribution in [3.8, 4) is 5.75 Å². The van der Waals surface area contributed by atoms with Crippen LogP contribution in [0.4, 0.5) is 5.69 Å². The molecule has 1 aromatic carbocycles. The van der Waals surface area contributed by atoms with Gasteiger partial charge in [0, 0.05) is 12.8 Å². The number of hydrogen-bond donors (Lipinski definition) is 3. The predicted molar refractivity (Wildman–Crippen MR) is 73.6 cm³/mol. The maximum Gasteiger partial charge on any atom is 0.224 e. The lowest BCUT2D eigenvalue weighted by Gasteiger charge is -2.06. The number of phenolic OH excluding ortho intramolecular Hbond substituents is 1. The minimum Gasteiger partial charge on any atom is -0.506 e. The molecule has 1 rings (SSSR count). The molecule has 0 spiro atoms. The summed E-state index contributed by atoms with van der Waals surface area (Å²) in [5, 5.41) is 12.2. The second-order valence-electron chi connectivity index (χ2n) is 4.45. The van der Waals surface area contributed by atoms with Gasteiger partial charge in [-0.15, -0.1) is 0 Å². The van der Waals surface area contributed by atoms with E-state index < -0.39 is 0 Å². The molecule has 0 saturated heterocycles. The van der Waals surface area contributed by atoms with Gasteiger partial charge in [0.1, 0.15) is 5.75 Å². The van der Waals surface area contributed by atoms with Crippen molar-refractivity contribution >= 4 is 17.5 Å². The van der Waals surface area contributed by atoms with E-state index in [1.165, 1.54) is 6.07 Å². The molecule has 0 bridgehead atoms. The third-order valence-electron chi connectivity index (χ3n) is 2.76. The number of phenols is 1. The van der Waals surface area contributed by atoms with Crippen molar-refractivity contribution in [2.24, 2.45) is 5.73 Å². The quantitative estimate of drug-likeness (QED) is 0.496. The Hall–Kier alpha value is -2.04. The lowest BCUT2D eigenvalue weighted by molar-refractivity contribution is -0.118. The summed E-state index contributed by atoms with van der Waals surface area (Å²) < 4.78 is 0. The number of anilines is 1. The van der Waals surface area contributed by atoms with Crippen molar-refractivity contribution in [3.05, 3.63) is 24.3 Å². The first-order chi connectivity index (χ1) is 9.09. The van der Waals surface area contributed by atoms with Gasteiger partial charge in [0.2, 0.25) is 11.8 Å². The minimum absolute atomic E-state index is 0.0670. The number of carbonyl (C=O) groups is 2. The number of primary amides is 1. The molecule has 0 atom stereocenters. The number of nitrogens with two attached hydrogens (primary N) is 1. The van der Waals surface area contributed by atoms with E-state index in [9.17, 15) is 14.7 Å². The van der Waals surface area contributed by atoms with Gasteiger partial charge >= 0.3 is 0 Å². The zero-order chi connectivity index (χ0) is 14.1. The standard InChI is InChI=1S/C14H20N2O3/c15-13(18)9-3-1-2-4-10-14(19)16-11-7-5-6-8-12(11)17/h5-8,17H,1-4,9-10H2,(H2,15,18)(H,16,19). The summed E-state index contributed by atoms with van der Waals surface area (Å²) in [6.07, 6.45) is 4.14. The minimum atomic E-state index is -0.280. The van der Waals surface area contributed by atoms with Crippen molar-refractivity contribution < 1.29 is 14.7 Å². The van der Waals surface area contributed by atoms with Crippen molar-refractivity contribution in [3.63, 3.8) is 0 Å². The maximum absolute atomic E-state index is 11.6. The SMILES string of the molecule is NC(=O)CCCCCCC(=O)Nc1ccccc1O. The van der Waals surface area contributed by atoms with Crippen molar-refractivity contribution in [2.45, 2.75) is 38.5 Å². The van der Waals surface area contributed by atoms with Gasteiger partial charge in [0.25, 0.3) is 0 Å². The highest BCUT2D eigenvalue weighted by atomic mass is 16.3. The summed E-state index contributed by atoms with van der Waals surface area (Å²) in [7, 11) is 0. The van der Waals surface area contributed by atoms with E-state index in [-0.39, 0.29) is 17.6 Å². The number of carbonyl (C=O) groups excluding carboxylic acids is 2. The van der Waals surface area contributed by atoms with Crippen LogP contribution in [0.1, 0.15) is 38.5 Å². The van der Waals surface area contributed by atoms with E-state index >= 15 is 0 Å². The van der Waals surface area contributed by atoms with Crippen LogP contribution in [0.2, 0.25) is 0 Å². The predicted octanol–water partition coefficient (Wildman–Crippen LogP) is 2.16. The fraction of sp³-hybridized carbons (Fsp3) is 0.429. The molecule has 0 radical (unpaired) electrons. The maximum atomic E-state index is 11.6. The van der Waals surface area contributed by atoms with Crippen LogP contribution in [0.5, 0.6) is 5.75 Å². The molecule has 2 amide bonds. The second kappa shape index (κ2) is 8.13. The average molecular weight is 264 g/mol. The Labute approximate surface area is 112 Å². The largest absolute Gasteiger partial charge is 0.506 e. The molecular formula is C14H20N2O3. The van der Waals surface area contributed by atoms with E-state index in [0.29, 0.717) is 18.5 Å². The smallest absolute Gasteiger partial charge is 0.224 e. The Morgan fingerprint density at radius 2 is 1.68 bits per heavy atom. The summed E-state index contributed by atoms with van der Waals surface area (Å²) in [6.45, 7) is 0. The summed E-state index contributed by atoms with van der Waals surface area (Å²) in [6, 6.07) is 6.63. The van der Waals surface area contributed by atoms with Gasteiger partial charge in [-0.2, -0.15) is 0 Å². The average Bonchev–Trinajstić information content (AvgIpc) is 2.36. The normalized spacial score (nSPS) is 10.1. The topological polar surface area (TPSA) is 92.4 Å². The van der Waals surface area contributed by atoms with Crippen molar-refractivity contribution in [2.75, 3.05) is 5.32 Å². The third kappa shape index (κ3) is 6.45. The number of nitrogens with one attached hydrogen (secondary N) is 1. The molecule has 0 unspecified atom stereocenters.